The summed E-state index contributed by atoms with van der Waals surface area (Å²) in [5.74, 6) is -5.75. The van der Waals surface area contributed by atoms with Crippen LogP contribution in [0, 0.1) is 10.8 Å². The van der Waals surface area contributed by atoms with Gasteiger partial charge in [0.1, 0.15) is 39.0 Å². The molecule has 0 spiro atoms. The van der Waals surface area contributed by atoms with Gasteiger partial charge in [-0.05, 0) is 41.5 Å². The Morgan fingerprint density at radius 1 is 0.655 bits per heavy atom. The summed E-state index contributed by atoms with van der Waals surface area (Å²) in [7, 11) is 0. The van der Waals surface area contributed by atoms with E-state index in [4.69, 9.17) is 28.4 Å². The van der Waals surface area contributed by atoms with Gasteiger partial charge in [0.05, 0.1) is 10.8 Å². The molecule has 10 nitrogen and oxygen atoms in total. The summed E-state index contributed by atoms with van der Waals surface area (Å²) in [6.07, 6.45) is 1.98. The lowest BCUT2D eigenvalue weighted by Crippen LogP contribution is -2.50. The molecule has 0 aliphatic carbocycles. The summed E-state index contributed by atoms with van der Waals surface area (Å²) >= 11 is 0. The molecule has 0 aromatic carbocycles. The first-order chi connectivity index (χ1) is 13.3. The lowest BCUT2D eigenvalue weighted by Gasteiger charge is -2.23. The van der Waals surface area contributed by atoms with E-state index in [1.165, 1.54) is 0 Å². The number of rotatable bonds is 8. The highest BCUT2D eigenvalue weighted by molar-refractivity contribution is 6.02. The molecular weight excluding hydrogens is 388 g/mol. The van der Waals surface area contributed by atoms with Gasteiger partial charge in [-0.2, -0.15) is 0 Å². The first kappa shape index (κ1) is 24.3. The van der Waals surface area contributed by atoms with Crippen molar-refractivity contribution in [3.8, 4) is 0 Å². The zero-order valence-electron chi connectivity index (χ0n) is 17.6. The molecule has 1 rings (SSSR count). The Bertz CT molecular complexity index is 595. The van der Waals surface area contributed by atoms with Crippen LogP contribution in [0.3, 0.4) is 0 Å². The van der Waals surface area contributed by atoms with E-state index in [9.17, 15) is 19.2 Å². The predicted molar refractivity (Wildman–Crippen MR) is 96.8 cm³/mol. The Morgan fingerprint density at radius 3 is 1.28 bits per heavy atom. The fourth-order valence-corrected chi connectivity index (χ4v) is 1.71. The van der Waals surface area contributed by atoms with Crippen LogP contribution in [0.2, 0.25) is 0 Å². The number of carbonyl (C=O) groups is 4. The molecule has 164 valence electrons. The highest BCUT2D eigenvalue weighted by atomic mass is 16.8. The van der Waals surface area contributed by atoms with Gasteiger partial charge in [0, 0.05) is 0 Å². The smallest absolute Gasteiger partial charge is 0.452 e. The Kier molecular flexibility index (Phi) is 8.05. The van der Waals surface area contributed by atoms with Crippen LogP contribution in [0.15, 0.2) is 12.5 Å². The van der Waals surface area contributed by atoms with E-state index >= 15 is 0 Å². The third-order valence-corrected chi connectivity index (χ3v) is 3.39. The van der Waals surface area contributed by atoms with Crippen molar-refractivity contribution < 1.29 is 47.6 Å². The Morgan fingerprint density at radius 2 is 0.966 bits per heavy atom. The molecule has 29 heavy (non-hydrogen) atoms. The van der Waals surface area contributed by atoms with E-state index in [0.29, 0.717) is 0 Å². The van der Waals surface area contributed by atoms with E-state index in [1.54, 1.807) is 41.5 Å². The number of hydrogen-bond acceptors (Lipinski definition) is 10. The SMILES string of the molecule is CC(C)(C)C(=O)OCCOC(=O)C1(C(=O)OCCOC(=O)C(C)(C)C)OC=CO1. The van der Waals surface area contributed by atoms with Crippen molar-refractivity contribution in [3.63, 3.8) is 0 Å². The van der Waals surface area contributed by atoms with Crippen molar-refractivity contribution in [1.82, 2.24) is 0 Å². The summed E-state index contributed by atoms with van der Waals surface area (Å²) in [6.45, 7) is 9.03. The number of esters is 4. The van der Waals surface area contributed by atoms with E-state index in [-0.39, 0.29) is 26.4 Å². The van der Waals surface area contributed by atoms with Crippen LogP contribution in [0.25, 0.3) is 0 Å². The summed E-state index contributed by atoms with van der Waals surface area (Å²) in [5, 5.41) is 0. The van der Waals surface area contributed by atoms with Crippen molar-refractivity contribution in [3.05, 3.63) is 12.5 Å². The van der Waals surface area contributed by atoms with Gasteiger partial charge in [0.2, 0.25) is 0 Å². The lowest BCUT2D eigenvalue weighted by atomic mass is 9.97. The zero-order valence-corrected chi connectivity index (χ0v) is 17.6. The Labute approximate surface area is 169 Å². The topological polar surface area (TPSA) is 124 Å². The molecule has 1 aliphatic rings. The Balaban J connectivity index is 2.50. The molecule has 0 saturated carbocycles. The third kappa shape index (κ3) is 6.95. The molecular formula is C19H28O10. The minimum Gasteiger partial charge on any atom is -0.462 e. The highest BCUT2D eigenvalue weighted by Gasteiger charge is 2.56. The second-order valence-electron chi connectivity index (χ2n) is 8.17. The molecule has 0 unspecified atom stereocenters. The fourth-order valence-electron chi connectivity index (χ4n) is 1.71. The van der Waals surface area contributed by atoms with Crippen molar-refractivity contribution in [2.24, 2.45) is 10.8 Å². The van der Waals surface area contributed by atoms with Gasteiger partial charge in [0.25, 0.3) is 0 Å². The van der Waals surface area contributed by atoms with E-state index < -0.39 is 40.5 Å². The normalized spacial score (nSPS) is 15.0. The first-order valence-electron chi connectivity index (χ1n) is 9.00. The zero-order chi connectivity index (χ0) is 22.3. The molecule has 1 aliphatic heterocycles. The molecule has 0 fully saturated rings. The van der Waals surface area contributed by atoms with Crippen LogP contribution in [-0.4, -0.2) is 56.1 Å². The van der Waals surface area contributed by atoms with Gasteiger partial charge in [0.15, 0.2) is 0 Å². The second kappa shape index (κ2) is 9.62. The van der Waals surface area contributed by atoms with E-state index in [2.05, 4.69) is 0 Å². The lowest BCUT2D eigenvalue weighted by molar-refractivity contribution is -0.219. The molecule has 0 atom stereocenters. The van der Waals surface area contributed by atoms with Crippen molar-refractivity contribution in [2.75, 3.05) is 26.4 Å². The summed E-state index contributed by atoms with van der Waals surface area (Å²) in [6, 6.07) is 0. The summed E-state index contributed by atoms with van der Waals surface area (Å²) in [5.41, 5.74) is -1.40. The van der Waals surface area contributed by atoms with Gasteiger partial charge in [-0.3, -0.25) is 9.59 Å². The van der Waals surface area contributed by atoms with Gasteiger partial charge in [-0.25, -0.2) is 9.59 Å². The molecule has 0 aromatic rings. The number of hydrogen-bond donors (Lipinski definition) is 0. The minimum atomic E-state index is -2.46. The van der Waals surface area contributed by atoms with Crippen LogP contribution < -0.4 is 0 Å². The molecule has 0 N–H and O–H groups in total. The fraction of sp³-hybridized carbons (Fsp3) is 0.684. The first-order valence-corrected chi connectivity index (χ1v) is 9.00. The Hall–Kier alpha value is -2.78. The van der Waals surface area contributed by atoms with Gasteiger partial charge < -0.3 is 28.4 Å². The van der Waals surface area contributed by atoms with Crippen molar-refractivity contribution in [2.45, 2.75) is 47.3 Å². The maximum atomic E-state index is 12.3. The van der Waals surface area contributed by atoms with Crippen LogP contribution in [0.4, 0.5) is 0 Å². The van der Waals surface area contributed by atoms with Gasteiger partial charge in [-0.15, -0.1) is 0 Å². The van der Waals surface area contributed by atoms with Gasteiger partial charge in [-0.1, -0.05) is 0 Å². The van der Waals surface area contributed by atoms with Crippen molar-refractivity contribution in [1.29, 1.82) is 0 Å². The predicted octanol–water partition coefficient (Wildman–Crippen LogP) is 1.47. The number of carbonyl (C=O) groups excluding carboxylic acids is 4. The standard InChI is InChI=1S/C19H28O10/c1-17(2,3)13(20)24-7-9-26-15(22)19(28-11-12-29-19)16(23)27-10-8-25-14(21)18(4,5)6/h11-12H,7-10H2,1-6H3. The minimum absolute atomic E-state index is 0.205. The quantitative estimate of drug-likeness (QED) is 0.249. The molecule has 0 amide bonds. The molecule has 0 saturated heterocycles. The number of ether oxygens (including phenoxy) is 6. The van der Waals surface area contributed by atoms with Crippen LogP contribution >= 0.6 is 0 Å². The second-order valence-corrected chi connectivity index (χ2v) is 8.17. The van der Waals surface area contributed by atoms with Crippen LogP contribution in [0.5, 0.6) is 0 Å². The average molecular weight is 416 g/mol. The summed E-state index contributed by atoms with van der Waals surface area (Å²) < 4.78 is 29.7. The monoisotopic (exact) mass is 416 g/mol. The van der Waals surface area contributed by atoms with Crippen LogP contribution in [-0.2, 0) is 47.6 Å². The molecule has 10 heteroatoms. The van der Waals surface area contributed by atoms with Crippen molar-refractivity contribution >= 4 is 23.9 Å². The molecule has 0 bridgehead atoms. The largest absolute Gasteiger partial charge is 0.462 e. The molecule has 0 aromatic heterocycles. The van der Waals surface area contributed by atoms with E-state index in [0.717, 1.165) is 12.5 Å². The summed E-state index contributed by atoms with van der Waals surface area (Å²) in [4.78, 5) is 47.9. The average Bonchev–Trinajstić information content (AvgIpc) is 3.11. The maximum absolute atomic E-state index is 12.3. The molecule has 1 heterocycles. The third-order valence-electron chi connectivity index (χ3n) is 3.39. The van der Waals surface area contributed by atoms with Crippen LogP contribution in [0.1, 0.15) is 41.5 Å². The highest BCUT2D eigenvalue weighted by Crippen LogP contribution is 2.24. The van der Waals surface area contributed by atoms with E-state index in [1.807, 2.05) is 0 Å². The maximum Gasteiger partial charge on any atom is 0.452 e. The van der Waals surface area contributed by atoms with Gasteiger partial charge >= 0.3 is 29.7 Å². The molecule has 0 radical (unpaired) electrons.